The van der Waals surface area contributed by atoms with Crippen LogP contribution in [-0.2, 0) is 21.3 Å². The van der Waals surface area contributed by atoms with E-state index in [-0.39, 0.29) is 22.0 Å². The lowest BCUT2D eigenvalue weighted by atomic mass is 10.1. The zero-order chi connectivity index (χ0) is 31.0. The monoisotopic (exact) mass is 641 g/mol. The van der Waals surface area contributed by atoms with Crippen molar-refractivity contribution in [3.05, 3.63) is 130 Å². The molecule has 6 rings (SSSR count). The summed E-state index contributed by atoms with van der Waals surface area (Å²) in [4.78, 5) is 14.2. The quantitative estimate of drug-likeness (QED) is 0.155. The van der Waals surface area contributed by atoms with E-state index in [0.29, 0.717) is 27.5 Å². The molecule has 0 unspecified atom stereocenters. The van der Waals surface area contributed by atoms with E-state index in [2.05, 4.69) is 0 Å². The first-order valence-corrected chi connectivity index (χ1v) is 16.4. The lowest BCUT2D eigenvalue weighted by Gasteiger charge is -2.26. The van der Waals surface area contributed by atoms with Crippen LogP contribution in [0.1, 0.15) is 26.4 Å². The van der Waals surface area contributed by atoms with Gasteiger partial charge in [-0.3, -0.25) is 4.31 Å². The van der Waals surface area contributed by atoms with E-state index >= 15 is 0 Å². The van der Waals surface area contributed by atoms with E-state index in [1.165, 1.54) is 22.8 Å². The van der Waals surface area contributed by atoms with Crippen LogP contribution in [0.15, 0.2) is 112 Å². The molecule has 2 heterocycles. The minimum atomic E-state index is -4.20. The molecule has 9 heteroatoms. The second-order valence-corrected chi connectivity index (χ2v) is 13.7. The molecule has 0 saturated heterocycles. The van der Waals surface area contributed by atoms with Crippen molar-refractivity contribution in [2.75, 3.05) is 11.4 Å². The number of fused-ring (bicyclic) bond motifs is 1. The molecular weight excluding hydrogens is 614 g/mol. The number of ether oxygens (including phenoxy) is 1. The van der Waals surface area contributed by atoms with Gasteiger partial charge >= 0.3 is 5.97 Å². The molecule has 222 valence electrons. The summed E-state index contributed by atoms with van der Waals surface area (Å²) in [7, 11) is -2.92. The Kier molecular flexibility index (Phi) is 8.07. The highest BCUT2D eigenvalue weighted by atomic mass is 35.5. The van der Waals surface area contributed by atoms with E-state index in [1.807, 2.05) is 84.9 Å². The number of nitrogens with zero attached hydrogens (tertiary/aromatic N) is 1. The van der Waals surface area contributed by atoms with Gasteiger partial charge in [0, 0.05) is 20.8 Å². The second-order valence-electron chi connectivity index (χ2n) is 10.4. The van der Waals surface area contributed by atoms with Crippen molar-refractivity contribution in [1.82, 2.24) is 0 Å². The maximum atomic E-state index is 14.6. The van der Waals surface area contributed by atoms with Crippen molar-refractivity contribution >= 4 is 55.6 Å². The van der Waals surface area contributed by atoms with Gasteiger partial charge in [-0.2, -0.15) is 0 Å². The summed E-state index contributed by atoms with van der Waals surface area (Å²) < 4.78 is 41.7. The van der Waals surface area contributed by atoms with Gasteiger partial charge in [0.2, 0.25) is 0 Å². The zero-order valence-electron chi connectivity index (χ0n) is 24.2. The molecule has 0 bridgehead atoms. The van der Waals surface area contributed by atoms with E-state index in [4.69, 9.17) is 20.8 Å². The third-order valence-electron chi connectivity index (χ3n) is 7.40. The van der Waals surface area contributed by atoms with Gasteiger partial charge in [-0.05, 0) is 72.5 Å². The van der Waals surface area contributed by atoms with Crippen molar-refractivity contribution in [2.45, 2.75) is 25.3 Å². The maximum absolute atomic E-state index is 14.6. The van der Waals surface area contributed by atoms with Gasteiger partial charge in [-0.25, -0.2) is 13.2 Å². The molecule has 4 aromatic carbocycles. The summed E-state index contributed by atoms with van der Waals surface area (Å²) in [5.74, 6) is 0.0520. The standard InChI is InChI=1S/C35H28ClNO5S2/c1-22-17-33(23(2)16-28(22)36)44(39,40)37(29-20-32(25-11-5-4-6-12-25)43-34(29)35(38)41-3)21-24-10-9-14-26(18-24)31-19-27-13-7-8-15-30(27)42-31/h4-20H,21H2,1-3H3. The number of anilines is 1. The molecule has 0 spiro atoms. The van der Waals surface area contributed by atoms with Gasteiger partial charge in [0.05, 0.1) is 24.2 Å². The van der Waals surface area contributed by atoms with E-state index in [9.17, 15) is 13.2 Å². The lowest BCUT2D eigenvalue weighted by molar-refractivity contribution is 0.0607. The number of aryl methyl sites for hydroxylation is 2. The third-order valence-corrected chi connectivity index (χ3v) is 10.9. The number of methoxy groups -OCH3 is 1. The average Bonchev–Trinajstić information content (AvgIpc) is 3.67. The van der Waals surface area contributed by atoms with Crippen molar-refractivity contribution in [3.8, 4) is 21.8 Å². The fourth-order valence-corrected chi connectivity index (χ4v) is 8.23. The Morgan fingerprint density at radius 1 is 0.864 bits per heavy atom. The van der Waals surface area contributed by atoms with Crippen LogP contribution in [0, 0.1) is 13.8 Å². The summed E-state index contributed by atoms with van der Waals surface area (Å²) in [6, 6.07) is 31.7. The summed E-state index contributed by atoms with van der Waals surface area (Å²) >= 11 is 7.54. The number of carbonyl (C=O) groups is 1. The van der Waals surface area contributed by atoms with Gasteiger partial charge in [0.25, 0.3) is 10.0 Å². The number of carbonyl (C=O) groups excluding carboxylic acids is 1. The van der Waals surface area contributed by atoms with Crippen LogP contribution in [0.3, 0.4) is 0 Å². The van der Waals surface area contributed by atoms with Crippen LogP contribution in [-0.4, -0.2) is 21.5 Å². The number of hydrogen-bond acceptors (Lipinski definition) is 6. The van der Waals surface area contributed by atoms with E-state index in [1.54, 1.807) is 32.0 Å². The smallest absolute Gasteiger partial charge is 0.350 e. The maximum Gasteiger partial charge on any atom is 0.350 e. The molecule has 0 aliphatic carbocycles. The van der Waals surface area contributed by atoms with Crippen LogP contribution < -0.4 is 4.31 Å². The Morgan fingerprint density at radius 3 is 2.34 bits per heavy atom. The SMILES string of the molecule is COC(=O)c1sc(-c2ccccc2)cc1N(Cc1cccc(-c2cc3ccccc3o2)c1)S(=O)(=O)c1cc(C)c(Cl)cc1C. The Labute approximate surface area is 265 Å². The number of sulfonamides is 1. The minimum absolute atomic E-state index is 0.0491. The van der Waals surface area contributed by atoms with Gasteiger partial charge < -0.3 is 9.15 Å². The van der Waals surface area contributed by atoms with Gasteiger partial charge in [0.15, 0.2) is 0 Å². The number of halogens is 1. The summed E-state index contributed by atoms with van der Waals surface area (Å²) in [6.07, 6.45) is 0. The van der Waals surface area contributed by atoms with E-state index in [0.717, 1.165) is 27.0 Å². The number of hydrogen-bond donors (Lipinski definition) is 0. The molecule has 6 aromatic rings. The second kappa shape index (κ2) is 12.0. The summed E-state index contributed by atoms with van der Waals surface area (Å²) in [5, 5.41) is 1.45. The number of furan rings is 1. The molecule has 0 amide bonds. The van der Waals surface area contributed by atoms with E-state index < -0.39 is 16.0 Å². The van der Waals surface area contributed by atoms with Crippen LogP contribution in [0.2, 0.25) is 5.02 Å². The minimum Gasteiger partial charge on any atom is -0.465 e. The first-order valence-electron chi connectivity index (χ1n) is 13.8. The molecule has 0 saturated carbocycles. The molecule has 2 aromatic heterocycles. The Bertz CT molecular complexity index is 2080. The van der Waals surface area contributed by atoms with Crippen molar-refractivity contribution in [1.29, 1.82) is 0 Å². The highest BCUT2D eigenvalue weighted by molar-refractivity contribution is 7.92. The van der Waals surface area contributed by atoms with Crippen molar-refractivity contribution in [3.63, 3.8) is 0 Å². The predicted molar refractivity (Wildman–Crippen MR) is 177 cm³/mol. The summed E-state index contributed by atoms with van der Waals surface area (Å²) in [6.45, 7) is 3.43. The first-order chi connectivity index (χ1) is 21.2. The Hall–Kier alpha value is -4.37. The number of esters is 1. The molecule has 0 aliphatic heterocycles. The van der Waals surface area contributed by atoms with Gasteiger partial charge in [-0.1, -0.05) is 78.3 Å². The fourth-order valence-electron chi connectivity index (χ4n) is 5.11. The molecule has 0 aliphatic rings. The molecule has 0 atom stereocenters. The number of rotatable bonds is 8. The summed E-state index contributed by atoms with van der Waals surface area (Å²) in [5.41, 5.74) is 4.50. The van der Waals surface area contributed by atoms with Crippen molar-refractivity contribution < 1.29 is 22.4 Å². The molecule has 6 nitrogen and oxygen atoms in total. The Morgan fingerprint density at radius 2 is 1.59 bits per heavy atom. The third kappa shape index (κ3) is 5.64. The molecule has 0 radical (unpaired) electrons. The largest absolute Gasteiger partial charge is 0.465 e. The Balaban J connectivity index is 1.52. The first kappa shape index (κ1) is 29.7. The highest BCUT2D eigenvalue weighted by Gasteiger charge is 2.33. The van der Waals surface area contributed by atoms with Crippen molar-refractivity contribution in [2.24, 2.45) is 0 Å². The normalized spacial score (nSPS) is 11.5. The molecule has 0 N–H and O–H groups in total. The number of benzene rings is 4. The molecule has 0 fully saturated rings. The highest BCUT2D eigenvalue weighted by Crippen LogP contribution is 2.41. The number of para-hydroxylation sites is 1. The topological polar surface area (TPSA) is 76.8 Å². The van der Waals surface area contributed by atoms with Crippen LogP contribution >= 0.6 is 22.9 Å². The zero-order valence-corrected chi connectivity index (χ0v) is 26.6. The number of thiophene rings is 1. The molecule has 44 heavy (non-hydrogen) atoms. The molecular formula is C35H28ClNO5S2. The van der Waals surface area contributed by atoms with Crippen LogP contribution in [0.4, 0.5) is 5.69 Å². The van der Waals surface area contributed by atoms with Crippen LogP contribution in [0.5, 0.6) is 0 Å². The fraction of sp³-hybridized carbons (Fsp3) is 0.114. The predicted octanol–water partition coefficient (Wildman–Crippen LogP) is 9.28. The average molecular weight is 642 g/mol. The van der Waals surface area contributed by atoms with Gasteiger partial charge in [0.1, 0.15) is 16.2 Å². The van der Waals surface area contributed by atoms with Gasteiger partial charge in [-0.15, -0.1) is 11.3 Å². The lowest BCUT2D eigenvalue weighted by Crippen LogP contribution is -2.32. The van der Waals surface area contributed by atoms with Crippen LogP contribution in [0.25, 0.3) is 32.7 Å².